The molecule has 0 radical (unpaired) electrons. The van der Waals surface area contributed by atoms with E-state index >= 15 is 0 Å². The van der Waals surface area contributed by atoms with Crippen LogP contribution in [0.2, 0.25) is 0 Å². The number of halogens is 1. The van der Waals surface area contributed by atoms with E-state index in [1.54, 1.807) is 29.5 Å². The molecule has 4 nitrogen and oxygen atoms in total. The van der Waals surface area contributed by atoms with Crippen LogP contribution in [-0.2, 0) is 6.54 Å². The molecular formula is C17H18FN3OS. The SMILES string of the molecule is Cc1cc2[nH]c(C(=O)Nc3ccccc3F)c(CN(C)C)c2s1. The van der Waals surface area contributed by atoms with Crippen molar-refractivity contribution in [3.05, 3.63) is 52.3 Å². The van der Waals surface area contributed by atoms with E-state index in [2.05, 4.69) is 10.3 Å². The summed E-state index contributed by atoms with van der Waals surface area (Å²) in [7, 11) is 3.91. The van der Waals surface area contributed by atoms with Gasteiger partial charge in [-0.1, -0.05) is 12.1 Å². The molecule has 0 saturated heterocycles. The number of nitrogens with zero attached hydrogens (tertiary/aromatic N) is 1. The quantitative estimate of drug-likeness (QED) is 0.759. The van der Waals surface area contributed by atoms with E-state index in [0.29, 0.717) is 12.2 Å². The molecule has 6 heteroatoms. The van der Waals surface area contributed by atoms with Gasteiger partial charge in [-0.3, -0.25) is 4.79 Å². The van der Waals surface area contributed by atoms with Gasteiger partial charge < -0.3 is 15.2 Å². The molecule has 0 saturated carbocycles. The van der Waals surface area contributed by atoms with E-state index in [1.807, 2.05) is 32.0 Å². The molecule has 3 aromatic rings. The third-order valence-electron chi connectivity index (χ3n) is 3.51. The minimum Gasteiger partial charge on any atom is -0.350 e. The van der Waals surface area contributed by atoms with E-state index in [9.17, 15) is 9.18 Å². The predicted octanol–water partition coefficient (Wildman–Crippen LogP) is 3.99. The number of hydrogen-bond acceptors (Lipinski definition) is 3. The number of aromatic nitrogens is 1. The third-order valence-corrected chi connectivity index (χ3v) is 4.62. The van der Waals surface area contributed by atoms with Crippen molar-refractivity contribution in [1.82, 2.24) is 9.88 Å². The fourth-order valence-corrected chi connectivity index (χ4v) is 3.57. The maximum atomic E-state index is 13.7. The van der Waals surface area contributed by atoms with Crippen LogP contribution in [0.3, 0.4) is 0 Å². The summed E-state index contributed by atoms with van der Waals surface area (Å²) < 4.78 is 14.8. The number of hydrogen-bond donors (Lipinski definition) is 2. The van der Waals surface area contributed by atoms with Crippen molar-refractivity contribution >= 4 is 33.1 Å². The van der Waals surface area contributed by atoms with Gasteiger partial charge in [0.1, 0.15) is 11.5 Å². The number of nitrogens with one attached hydrogen (secondary N) is 2. The Hall–Kier alpha value is -2.18. The standard InChI is InChI=1S/C17H18FN3OS/c1-10-8-14-16(23-10)11(9-21(2)3)15(19-14)17(22)20-13-7-5-4-6-12(13)18/h4-8,19H,9H2,1-3H3,(H,20,22). The summed E-state index contributed by atoms with van der Waals surface area (Å²) in [6.07, 6.45) is 0. The number of thiophene rings is 1. The van der Waals surface area contributed by atoms with Crippen molar-refractivity contribution in [3.8, 4) is 0 Å². The lowest BCUT2D eigenvalue weighted by Crippen LogP contribution is -2.18. The Morgan fingerprint density at radius 2 is 2.09 bits per heavy atom. The Morgan fingerprint density at radius 3 is 2.78 bits per heavy atom. The average Bonchev–Trinajstić information content (AvgIpc) is 2.99. The van der Waals surface area contributed by atoms with Crippen molar-refractivity contribution in [2.24, 2.45) is 0 Å². The van der Waals surface area contributed by atoms with Gasteiger partial charge in [-0.15, -0.1) is 11.3 Å². The largest absolute Gasteiger partial charge is 0.350 e. The molecule has 3 rings (SSSR count). The fourth-order valence-electron chi connectivity index (χ4n) is 2.56. The number of carbonyl (C=O) groups excluding carboxylic acids is 1. The summed E-state index contributed by atoms with van der Waals surface area (Å²) in [6, 6.07) is 8.19. The lowest BCUT2D eigenvalue weighted by atomic mass is 10.2. The normalized spacial score (nSPS) is 11.3. The minimum atomic E-state index is -0.445. The molecule has 0 atom stereocenters. The highest BCUT2D eigenvalue weighted by Crippen LogP contribution is 2.31. The van der Waals surface area contributed by atoms with Crippen molar-refractivity contribution in [2.45, 2.75) is 13.5 Å². The first-order valence-electron chi connectivity index (χ1n) is 7.27. The van der Waals surface area contributed by atoms with Crippen LogP contribution in [0.25, 0.3) is 10.2 Å². The van der Waals surface area contributed by atoms with Crippen LogP contribution in [0.1, 0.15) is 20.9 Å². The molecule has 0 bridgehead atoms. The lowest BCUT2D eigenvalue weighted by Gasteiger charge is -2.11. The zero-order valence-corrected chi connectivity index (χ0v) is 14.1. The molecule has 0 spiro atoms. The second-order valence-electron chi connectivity index (χ2n) is 5.75. The van der Waals surface area contributed by atoms with Crippen molar-refractivity contribution in [3.63, 3.8) is 0 Å². The molecule has 0 aliphatic rings. The lowest BCUT2D eigenvalue weighted by molar-refractivity contribution is 0.102. The number of H-pyrrole nitrogens is 1. The summed E-state index contributed by atoms with van der Waals surface area (Å²) in [5, 5.41) is 2.65. The van der Waals surface area contributed by atoms with Gasteiger partial charge in [0.05, 0.1) is 15.9 Å². The Bertz CT molecular complexity index is 866. The number of amides is 1. The number of carbonyl (C=O) groups is 1. The van der Waals surface area contributed by atoms with Crippen LogP contribution in [0, 0.1) is 12.7 Å². The second kappa shape index (κ2) is 6.14. The highest BCUT2D eigenvalue weighted by Gasteiger charge is 2.20. The summed E-state index contributed by atoms with van der Waals surface area (Å²) in [5.41, 5.74) is 2.56. The number of fused-ring (bicyclic) bond motifs is 1. The van der Waals surface area contributed by atoms with E-state index in [1.165, 1.54) is 10.9 Å². The molecule has 2 heterocycles. The molecule has 2 N–H and O–H groups in total. The maximum absolute atomic E-state index is 13.7. The zero-order valence-electron chi connectivity index (χ0n) is 13.2. The van der Waals surface area contributed by atoms with Crippen LogP contribution in [-0.4, -0.2) is 29.9 Å². The number of aryl methyl sites for hydroxylation is 1. The molecule has 0 aliphatic heterocycles. The summed E-state index contributed by atoms with van der Waals surface area (Å²) in [5.74, 6) is -0.771. The van der Waals surface area contributed by atoms with Gasteiger partial charge in [0.15, 0.2) is 0 Å². The van der Waals surface area contributed by atoms with Crippen molar-refractivity contribution in [1.29, 1.82) is 0 Å². The Morgan fingerprint density at radius 1 is 1.35 bits per heavy atom. The molecule has 1 amide bonds. The first kappa shape index (κ1) is 15.7. The van der Waals surface area contributed by atoms with E-state index in [4.69, 9.17) is 0 Å². The van der Waals surface area contributed by atoms with Crippen LogP contribution in [0.4, 0.5) is 10.1 Å². The van der Waals surface area contributed by atoms with E-state index < -0.39 is 5.82 Å². The van der Waals surface area contributed by atoms with Crippen molar-refractivity contribution < 1.29 is 9.18 Å². The van der Waals surface area contributed by atoms with Gasteiger partial charge in [0.2, 0.25) is 0 Å². The molecule has 0 unspecified atom stereocenters. The van der Waals surface area contributed by atoms with E-state index in [-0.39, 0.29) is 11.6 Å². The zero-order chi connectivity index (χ0) is 16.6. The predicted molar refractivity (Wildman–Crippen MR) is 92.7 cm³/mol. The highest BCUT2D eigenvalue weighted by atomic mass is 32.1. The van der Waals surface area contributed by atoms with Crippen LogP contribution in [0.5, 0.6) is 0 Å². The maximum Gasteiger partial charge on any atom is 0.272 e. The van der Waals surface area contributed by atoms with Crippen molar-refractivity contribution in [2.75, 3.05) is 19.4 Å². The summed E-state index contributed by atoms with van der Waals surface area (Å²) >= 11 is 1.66. The number of aromatic amines is 1. The Kier molecular flexibility index (Phi) is 4.19. The molecule has 0 fully saturated rings. The second-order valence-corrected chi connectivity index (χ2v) is 7.01. The minimum absolute atomic E-state index is 0.183. The van der Waals surface area contributed by atoms with Gasteiger partial charge in [0.25, 0.3) is 5.91 Å². The van der Waals surface area contributed by atoms with Gasteiger partial charge in [0, 0.05) is 17.0 Å². The van der Waals surface area contributed by atoms with Gasteiger partial charge in [-0.25, -0.2) is 4.39 Å². The molecule has 1 aromatic carbocycles. The summed E-state index contributed by atoms with van der Waals surface area (Å²) in [6.45, 7) is 2.68. The first-order chi connectivity index (χ1) is 11.0. The average molecular weight is 331 g/mol. The van der Waals surface area contributed by atoms with Gasteiger partial charge in [-0.2, -0.15) is 0 Å². The number of anilines is 1. The van der Waals surface area contributed by atoms with Crippen LogP contribution in [0.15, 0.2) is 30.3 Å². The third kappa shape index (κ3) is 3.13. The number of para-hydroxylation sites is 1. The molecule has 120 valence electrons. The molecule has 23 heavy (non-hydrogen) atoms. The topological polar surface area (TPSA) is 48.1 Å². The molecule has 2 aromatic heterocycles. The van der Waals surface area contributed by atoms with Gasteiger partial charge in [-0.05, 0) is 39.2 Å². The smallest absolute Gasteiger partial charge is 0.272 e. The van der Waals surface area contributed by atoms with Crippen LogP contribution >= 0.6 is 11.3 Å². The first-order valence-corrected chi connectivity index (χ1v) is 8.09. The Balaban J connectivity index is 1.99. The number of rotatable bonds is 4. The monoisotopic (exact) mass is 331 g/mol. The molecule has 0 aliphatic carbocycles. The molecular weight excluding hydrogens is 313 g/mol. The number of benzene rings is 1. The highest BCUT2D eigenvalue weighted by molar-refractivity contribution is 7.19. The van der Waals surface area contributed by atoms with Crippen LogP contribution < -0.4 is 5.32 Å². The van der Waals surface area contributed by atoms with E-state index in [0.717, 1.165) is 15.8 Å². The summed E-state index contributed by atoms with van der Waals surface area (Å²) in [4.78, 5) is 19.0. The Labute approximate surface area is 137 Å². The van der Waals surface area contributed by atoms with Gasteiger partial charge >= 0.3 is 0 Å². The fraction of sp³-hybridized carbons (Fsp3) is 0.235.